The molecule has 1 aromatic heterocycles. The number of ketones is 1. The maximum Gasteiger partial charge on any atom is 0.289 e. The number of carbonyl (C=O) groups excluding carboxylic acids is 5. The van der Waals surface area contributed by atoms with Crippen LogP contribution in [-0.4, -0.2) is 81.5 Å². The van der Waals surface area contributed by atoms with Gasteiger partial charge < -0.3 is 26.2 Å². The molecular formula is C38H59N7O5. The third-order valence-corrected chi connectivity index (χ3v) is 10.2. The molecule has 3 saturated carbocycles. The lowest BCUT2D eigenvalue weighted by molar-refractivity contribution is -0.142. The molecule has 1 aromatic rings. The summed E-state index contributed by atoms with van der Waals surface area (Å²) < 4.78 is 0. The van der Waals surface area contributed by atoms with Gasteiger partial charge in [-0.2, -0.15) is 0 Å². The van der Waals surface area contributed by atoms with Crippen LogP contribution in [0.4, 0.5) is 0 Å². The Labute approximate surface area is 297 Å². The fourth-order valence-electron chi connectivity index (χ4n) is 7.25. The molecule has 50 heavy (non-hydrogen) atoms. The first-order valence-corrected chi connectivity index (χ1v) is 18.8. The first-order valence-electron chi connectivity index (χ1n) is 18.8. The van der Waals surface area contributed by atoms with E-state index in [1.807, 2.05) is 40.7 Å². The van der Waals surface area contributed by atoms with E-state index in [2.05, 4.69) is 31.2 Å². The van der Waals surface area contributed by atoms with Gasteiger partial charge in [0, 0.05) is 30.7 Å². The second-order valence-electron chi connectivity index (χ2n) is 15.5. The average Bonchev–Trinajstić information content (AvgIpc) is 3.77. The number of aromatic nitrogens is 2. The van der Waals surface area contributed by atoms with Gasteiger partial charge in [-0.1, -0.05) is 72.3 Å². The van der Waals surface area contributed by atoms with Crippen LogP contribution in [0.15, 0.2) is 30.4 Å². The highest BCUT2D eigenvalue weighted by molar-refractivity contribution is 6.38. The van der Waals surface area contributed by atoms with Crippen molar-refractivity contribution in [3.05, 3.63) is 36.1 Å². The predicted molar refractivity (Wildman–Crippen MR) is 192 cm³/mol. The van der Waals surface area contributed by atoms with Crippen LogP contribution in [0.2, 0.25) is 0 Å². The monoisotopic (exact) mass is 693 g/mol. The molecule has 0 aliphatic heterocycles. The number of nitrogens with one attached hydrogen (secondary N) is 4. The van der Waals surface area contributed by atoms with E-state index in [-0.39, 0.29) is 48.0 Å². The predicted octanol–water partition coefficient (Wildman–Crippen LogP) is 4.21. The smallest absolute Gasteiger partial charge is 0.289 e. The van der Waals surface area contributed by atoms with Crippen molar-refractivity contribution in [2.75, 3.05) is 13.1 Å². The third-order valence-electron chi connectivity index (χ3n) is 10.2. The van der Waals surface area contributed by atoms with Crippen LogP contribution in [0.3, 0.4) is 0 Å². The molecule has 4 amide bonds. The first kappa shape index (κ1) is 39.0. The van der Waals surface area contributed by atoms with Crippen LogP contribution in [0.25, 0.3) is 0 Å². The van der Waals surface area contributed by atoms with Crippen LogP contribution in [-0.2, 0) is 19.2 Å². The van der Waals surface area contributed by atoms with Crippen LogP contribution in [0.5, 0.6) is 0 Å². The second kappa shape index (κ2) is 18.4. The normalized spacial score (nSPS) is 19.2. The first-order chi connectivity index (χ1) is 23.9. The topological polar surface area (TPSA) is 162 Å². The number of Topliss-reactive ketones (excluding diaryl/α,β-unsaturated/α-hetero) is 1. The molecule has 1 heterocycles. The van der Waals surface area contributed by atoms with Gasteiger partial charge in [-0.15, -0.1) is 0 Å². The van der Waals surface area contributed by atoms with Crippen molar-refractivity contribution < 1.29 is 24.0 Å². The summed E-state index contributed by atoms with van der Waals surface area (Å²) in [6.07, 6.45) is 18.4. The van der Waals surface area contributed by atoms with E-state index < -0.39 is 35.1 Å². The number of allylic oxidation sites excluding steroid dienone is 1. The third kappa shape index (κ3) is 11.3. The van der Waals surface area contributed by atoms with Crippen molar-refractivity contribution in [3.8, 4) is 0 Å². The molecule has 3 fully saturated rings. The maximum atomic E-state index is 14.7. The lowest BCUT2D eigenvalue weighted by Crippen LogP contribution is -2.58. The average molecular weight is 694 g/mol. The van der Waals surface area contributed by atoms with Crippen molar-refractivity contribution in [2.24, 2.45) is 17.3 Å². The zero-order valence-electron chi connectivity index (χ0n) is 30.8. The van der Waals surface area contributed by atoms with Crippen molar-refractivity contribution in [2.45, 2.75) is 142 Å². The molecule has 0 aromatic carbocycles. The van der Waals surface area contributed by atoms with Crippen molar-refractivity contribution in [1.29, 1.82) is 0 Å². The molecule has 12 nitrogen and oxygen atoms in total. The fourth-order valence-corrected chi connectivity index (χ4v) is 7.25. The molecule has 4 rings (SSSR count). The van der Waals surface area contributed by atoms with E-state index in [0.29, 0.717) is 19.4 Å². The SMILES string of the molecule is C/C=C(\NC(C(=O)N(CC(=O)NC(CCC)C(=O)C(=O)NC1CC1)CC1CCCC1)C(C)(C)C)C(NC(=O)c1cnccn1)C1CCCCC1. The Morgan fingerprint density at radius 2 is 1.60 bits per heavy atom. The largest absolute Gasteiger partial charge is 0.375 e. The molecule has 3 atom stereocenters. The Kier molecular flexibility index (Phi) is 14.4. The summed E-state index contributed by atoms with van der Waals surface area (Å²) in [5.41, 5.74) is 0.414. The number of carbonyl (C=O) groups is 5. The summed E-state index contributed by atoms with van der Waals surface area (Å²) >= 11 is 0. The summed E-state index contributed by atoms with van der Waals surface area (Å²) in [5, 5.41) is 12.3. The summed E-state index contributed by atoms with van der Waals surface area (Å²) in [5.74, 6) is -1.87. The lowest BCUT2D eigenvalue weighted by Gasteiger charge is -2.40. The van der Waals surface area contributed by atoms with Gasteiger partial charge in [0.1, 0.15) is 11.7 Å². The summed E-state index contributed by atoms with van der Waals surface area (Å²) in [6.45, 7) is 9.99. The number of rotatable bonds is 17. The number of hydrogen-bond donors (Lipinski definition) is 4. The van der Waals surface area contributed by atoms with Gasteiger partial charge >= 0.3 is 0 Å². The minimum atomic E-state index is -0.949. The highest BCUT2D eigenvalue weighted by Crippen LogP contribution is 2.32. The number of nitrogens with zero attached hydrogens (tertiary/aromatic N) is 3. The van der Waals surface area contributed by atoms with Gasteiger partial charge in [0.25, 0.3) is 11.8 Å². The molecule has 3 unspecified atom stereocenters. The molecular weight excluding hydrogens is 634 g/mol. The summed E-state index contributed by atoms with van der Waals surface area (Å²) in [4.78, 5) is 77.2. The van der Waals surface area contributed by atoms with E-state index in [9.17, 15) is 24.0 Å². The Morgan fingerprint density at radius 1 is 0.920 bits per heavy atom. The number of hydrogen-bond acceptors (Lipinski definition) is 8. The molecule has 0 spiro atoms. The molecule has 12 heteroatoms. The van der Waals surface area contributed by atoms with Gasteiger partial charge in [0.05, 0.1) is 24.8 Å². The Hall–Kier alpha value is -3.83. The minimum absolute atomic E-state index is 0.0332. The minimum Gasteiger partial charge on any atom is -0.375 e. The molecule has 0 radical (unpaired) electrons. The fraction of sp³-hybridized carbons (Fsp3) is 0.711. The number of amides is 4. The van der Waals surface area contributed by atoms with E-state index >= 15 is 0 Å². The van der Waals surface area contributed by atoms with Crippen LogP contribution < -0.4 is 21.3 Å². The highest BCUT2D eigenvalue weighted by atomic mass is 16.2. The van der Waals surface area contributed by atoms with E-state index in [0.717, 1.165) is 76.3 Å². The van der Waals surface area contributed by atoms with E-state index in [4.69, 9.17) is 0 Å². The molecule has 0 bridgehead atoms. The molecule has 4 N–H and O–H groups in total. The molecule has 3 aliphatic rings. The van der Waals surface area contributed by atoms with Gasteiger partial charge in [-0.05, 0) is 69.1 Å². The highest BCUT2D eigenvalue weighted by Gasteiger charge is 2.39. The van der Waals surface area contributed by atoms with Crippen LogP contribution in [0.1, 0.15) is 129 Å². The van der Waals surface area contributed by atoms with Gasteiger partial charge in [0.15, 0.2) is 0 Å². The van der Waals surface area contributed by atoms with Gasteiger partial charge in [-0.3, -0.25) is 29.0 Å². The van der Waals surface area contributed by atoms with Gasteiger partial charge in [0.2, 0.25) is 17.6 Å². The maximum absolute atomic E-state index is 14.7. The van der Waals surface area contributed by atoms with Crippen LogP contribution >= 0.6 is 0 Å². The Bertz CT molecular complexity index is 1340. The Balaban J connectivity index is 1.56. The molecule has 0 saturated heterocycles. The Morgan fingerprint density at radius 3 is 2.18 bits per heavy atom. The zero-order valence-corrected chi connectivity index (χ0v) is 30.8. The lowest BCUT2D eigenvalue weighted by atomic mass is 9.81. The summed E-state index contributed by atoms with van der Waals surface area (Å²) in [6, 6.07) is -2.01. The quantitative estimate of drug-likeness (QED) is 0.177. The summed E-state index contributed by atoms with van der Waals surface area (Å²) in [7, 11) is 0. The second-order valence-corrected chi connectivity index (χ2v) is 15.5. The van der Waals surface area contributed by atoms with E-state index in [1.165, 1.54) is 18.6 Å². The zero-order chi connectivity index (χ0) is 36.3. The van der Waals surface area contributed by atoms with Gasteiger partial charge in [-0.25, -0.2) is 4.98 Å². The van der Waals surface area contributed by atoms with Crippen molar-refractivity contribution >= 4 is 29.4 Å². The van der Waals surface area contributed by atoms with Crippen molar-refractivity contribution in [1.82, 2.24) is 36.1 Å². The van der Waals surface area contributed by atoms with E-state index in [1.54, 1.807) is 4.90 Å². The van der Waals surface area contributed by atoms with Crippen molar-refractivity contribution in [3.63, 3.8) is 0 Å². The molecule has 276 valence electrons. The standard InChI is InChI=1S/C38H59N7O5/c1-6-13-29(33(47)36(49)41-27-18-19-27)42-31(46)24-45(23-25-14-11-12-15-25)37(50)34(38(3,4)5)43-28(7-2)32(26-16-9-8-10-17-26)44-35(48)30-22-39-20-21-40-30/h7,20-22,25-27,29,32,34,43H,6,8-19,23-24H2,1-5H3,(H,41,49)(H,42,46)(H,44,48)/b28-7-. The molecule has 3 aliphatic carbocycles. The van der Waals surface area contributed by atoms with Crippen LogP contribution in [0, 0.1) is 17.3 Å².